The quantitative estimate of drug-likeness (QED) is 0.559. The summed E-state index contributed by atoms with van der Waals surface area (Å²) in [7, 11) is 0. The lowest BCUT2D eigenvalue weighted by Crippen LogP contribution is -2.09. The van der Waals surface area contributed by atoms with Crippen molar-refractivity contribution < 1.29 is 0 Å². The Hall–Kier alpha value is 0. The third kappa shape index (κ3) is 0.681. The highest BCUT2D eigenvalue weighted by molar-refractivity contribution is 5.22. The fourth-order valence-corrected chi connectivity index (χ4v) is 2.75. The van der Waals surface area contributed by atoms with Gasteiger partial charge < -0.3 is 0 Å². The van der Waals surface area contributed by atoms with E-state index in [1.54, 1.807) is 6.42 Å². The second-order valence-corrected chi connectivity index (χ2v) is 4.14. The molecular formula is C10H18. The van der Waals surface area contributed by atoms with E-state index in [1.165, 1.54) is 37.5 Å². The van der Waals surface area contributed by atoms with Gasteiger partial charge in [0.1, 0.15) is 0 Å². The average molecular weight is 138 g/mol. The van der Waals surface area contributed by atoms with Crippen molar-refractivity contribution in [2.24, 2.45) is 17.3 Å². The van der Waals surface area contributed by atoms with Crippen molar-refractivity contribution in [3.05, 3.63) is 0 Å². The predicted octanol–water partition coefficient (Wildman–Crippen LogP) is 3.22. The van der Waals surface area contributed by atoms with E-state index in [1.807, 2.05) is 0 Å². The summed E-state index contributed by atoms with van der Waals surface area (Å²) in [6.07, 6.45) is 7.44. The maximum Gasteiger partial charge on any atom is -0.0238 e. The Morgan fingerprint density at radius 1 is 1.30 bits per heavy atom. The van der Waals surface area contributed by atoms with Crippen LogP contribution >= 0.6 is 0 Å². The van der Waals surface area contributed by atoms with Gasteiger partial charge >= 0.3 is 0 Å². The molecule has 2 fully saturated rings. The molecule has 0 saturated heterocycles. The molecule has 0 aromatic carbocycles. The predicted molar refractivity (Wildman–Crippen MR) is 43.8 cm³/mol. The lowest BCUT2D eigenvalue weighted by Gasteiger charge is -2.19. The number of unbranched alkanes of at least 4 members (excludes halogenated alkanes) is 1. The van der Waals surface area contributed by atoms with E-state index < -0.39 is 0 Å². The minimum absolute atomic E-state index is 0.899. The molecule has 0 heterocycles. The van der Waals surface area contributed by atoms with Crippen molar-refractivity contribution in [3.8, 4) is 0 Å². The molecule has 2 aliphatic rings. The normalized spacial score (nSPS) is 48.6. The van der Waals surface area contributed by atoms with Gasteiger partial charge in [-0.15, -0.1) is 0 Å². The minimum atomic E-state index is 0.899. The van der Waals surface area contributed by atoms with Gasteiger partial charge in [0.2, 0.25) is 0 Å². The van der Waals surface area contributed by atoms with Gasteiger partial charge in [0.15, 0.2) is 0 Å². The van der Waals surface area contributed by atoms with E-state index in [-0.39, 0.29) is 0 Å². The van der Waals surface area contributed by atoms with E-state index in [4.69, 9.17) is 0 Å². The molecule has 2 rings (SSSR count). The lowest BCUT2D eigenvalue weighted by atomic mass is 9.86. The maximum atomic E-state index is 2.38. The molecule has 0 bridgehead atoms. The van der Waals surface area contributed by atoms with E-state index in [0.717, 1.165) is 5.41 Å². The van der Waals surface area contributed by atoms with Crippen molar-refractivity contribution in [2.45, 2.75) is 46.0 Å². The van der Waals surface area contributed by atoms with Crippen molar-refractivity contribution in [1.29, 1.82) is 0 Å². The molecule has 0 aromatic rings. The summed E-state index contributed by atoms with van der Waals surface area (Å²) >= 11 is 0. The summed E-state index contributed by atoms with van der Waals surface area (Å²) in [5.41, 5.74) is 0.899. The minimum Gasteiger partial charge on any atom is -0.0654 e. The summed E-state index contributed by atoms with van der Waals surface area (Å²) in [5.74, 6) is 2.40. The van der Waals surface area contributed by atoms with Crippen molar-refractivity contribution >= 4 is 0 Å². The van der Waals surface area contributed by atoms with Crippen molar-refractivity contribution in [2.75, 3.05) is 0 Å². The van der Waals surface area contributed by atoms with Crippen LogP contribution in [0.4, 0.5) is 0 Å². The third-order valence-corrected chi connectivity index (χ3v) is 3.81. The number of hydrogen-bond acceptors (Lipinski definition) is 0. The van der Waals surface area contributed by atoms with Gasteiger partial charge in [0.05, 0.1) is 0 Å². The Labute approximate surface area is 64.0 Å². The zero-order chi connectivity index (χ0) is 7.19. The van der Waals surface area contributed by atoms with Crippen molar-refractivity contribution in [1.82, 2.24) is 0 Å². The molecule has 0 aromatic heterocycles. The Bertz CT molecular complexity index is 129. The topological polar surface area (TPSA) is 0 Å². The molecule has 0 N–H and O–H groups in total. The SMILES string of the molecule is CCCCC1(CC)C2CC21. The number of fused-ring (bicyclic) bond motifs is 1. The Morgan fingerprint density at radius 2 is 2.00 bits per heavy atom. The molecule has 2 atom stereocenters. The summed E-state index contributed by atoms with van der Waals surface area (Å²) in [4.78, 5) is 0. The van der Waals surface area contributed by atoms with Crippen LogP contribution in [0.5, 0.6) is 0 Å². The molecule has 0 nitrogen and oxygen atoms in total. The monoisotopic (exact) mass is 138 g/mol. The summed E-state index contributed by atoms with van der Waals surface area (Å²) < 4.78 is 0. The zero-order valence-corrected chi connectivity index (χ0v) is 7.19. The van der Waals surface area contributed by atoms with Crippen LogP contribution in [0.15, 0.2) is 0 Å². The molecule has 10 heavy (non-hydrogen) atoms. The fourth-order valence-electron chi connectivity index (χ4n) is 2.75. The first kappa shape index (κ1) is 6.69. The number of rotatable bonds is 4. The van der Waals surface area contributed by atoms with E-state index in [2.05, 4.69) is 13.8 Å². The summed E-state index contributed by atoms with van der Waals surface area (Å²) in [5, 5.41) is 0. The molecule has 2 saturated carbocycles. The highest BCUT2D eigenvalue weighted by atomic mass is 14.8. The molecule has 58 valence electrons. The lowest BCUT2D eigenvalue weighted by molar-refractivity contribution is 0.314. The fraction of sp³-hybridized carbons (Fsp3) is 1.00. The van der Waals surface area contributed by atoms with E-state index in [9.17, 15) is 0 Å². The van der Waals surface area contributed by atoms with Crippen LogP contribution in [0, 0.1) is 17.3 Å². The highest BCUT2D eigenvalue weighted by Gasteiger charge is 2.73. The van der Waals surface area contributed by atoms with Gasteiger partial charge in [0, 0.05) is 0 Å². The maximum absolute atomic E-state index is 2.38. The van der Waals surface area contributed by atoms with Gasteiger partial charge in [0.25, 0.3) is 0 Å². The zero-order valence-electron chi connectivity index (χ0n) is 7.19. The smallest absolute Gasteiger partial charge is 0.0238 e. The average Bonchev–Trinajstić information content (AvgIpc) is 2.76. The standard InChI is InChI=1S/C10H18/c1-3-5-6-10(4-2)8-7-9(8)10/h8-9H,3-7H2,1-2H3. The van der Waals surface area contributed by atoms with Crippen LogP contribution in [0.2, 0.25) is 0 Å². The van der Waals surface area contributed by atoms with Gasteiger partial charge in [-0.2, -0.15) is 0 Å². The van der Waals surface area contributed by atoms with E-state index in [0.29, 0.717) is 0 Å². The van der Waals surface area contributed by atoms with Crippen LogP contribution in [-0.2, 0) is 0 Å². The molecule has 2 unspecified atom stereocenters. The molecule has 0 spiro atoms. The molecular weight excluding hydrogens is 120 g/mol. The van der Waals surface area contributed by atoms with Gasteiger partial charge in [-0.25, -0.2) is 0 Å². The number of hydrogen-bond donors (Lipinski definition) is 0. The highest BCUT2D eigenvalue weighted by Crippen LogP contribution is 2.80. The first-order valence-corrected chi connectivity index (χ1v) is 4.85. The summed E-state index contributed by atoms with van der Waals surface area (Å²) in [6, 6.07) is 0. The molecule has 0 heteroatoms. The Kier molecular flexibility index (Phi) is 1.33. The Balaban J connectivity index is 1.79. The first-order chi connectivity index (χ1) is 4.85. The van der Waals surface area contributed by atoms with Crippen LogP contribution in [0.3, 0.4) is 0 Å². The molecule has 0 aliphatic heterocycles. The van der Waals surface area contributed by atoms with Crippen molar-refractivity contribution in [3.63, 3.8) is 0 Å². The summed E-state index contributed by atoms with van der Waals surface area (Å²) in [6.45, 7) is 4.68. The third-order valence-electron chi connectivity index (χ3n) is 3.81. The van der Waals surface area contributed by atoms with Crippen LogP contribution in [0.25, 0.3) is 0 Å². The second kappa shape index (κ2) is 1.99. The van der Waals surface area contributed by atoms with Gasteiger partial charge in [-0.05, 0) is 36.5 Å². The molecule has 2 aliphatic carbocycles. The van der Waals surface area contributed by atoms with Gasteiger partial charge in [-0.1, -0.05) is 26.7 Å². The van der Waals surface area contributed by atoms with Gasteiger partial charge in [-0.3, -0.25) is 0 Å². The van der Waals surface area contributed by atoms with Crippen LogP contribution in [0.1, 0.15) is 46.0 Å². The molecule has 0 radical (unpaired) electrons. The Morgan fingerprint density at radius 3 is 2.30 bits per heavy atom. The largest absolute Gasteiger partial charge is 0.0654 e. The van der Waals surface area contributed by atoms with E-state index >= 15 is 0 Å². The second-order valence-electron chi connectivity index (χ2n) is 4.14. The van der Waals surface area contributed by atoms with Crippen LogP contribution < -0.4 is 0 Å². The first-order valence-electron chi connectivity index (χ1n) is 4.85. The molecule has 0 amide bonds. The van der Waals surface area contributed by atoms with Crippen LogP contribution in [-0.4, -0.2) is 0 Å².